The highest BCUT2D eigenvalue weighted by Crippen LogP contribution is 2.08. The Hall–Kier alpha value is -0.890. The summed E-state index contributed by atoms with van der Waals surface area (Å²) in [4.78, 5) is 10.8. The second-order valence-electron chi connectivity index (χ2n) is 2.51. The van der Waals surface area contributed by atoms with Gasteiger partial charge in [0.1, 0.15) is 0 Å². The molecule has 0 aliphatic heterocycles. The molecular weight excluding hydrogens is 216 g/mol. The zero-order valence-corrected chi connectivity index (χ0v) is 8.34. The first kappa shape index (κ1) is 9.20. The maximum absolute atomic E-state index is 10.8. The molecular formula is C10H9BrO. The van der Waals surface area contributed by atoms with Crippen LogP contribution >= 0.6 is 15.9 Å². The summed E-state index contributed by atoms with van der Waals surface area (Å²) >= 11 is 2.89. The van der Waals surface area contributed by atoms with Crippen LogP contribution in [0.3, 0.4) is 0 Å². The first-order valence-electron chi connectivity index (χ1n) is 3.63. The third-order valence-corrected chi connectivity index (χ3v) is 2.12. The molecule has 1 aromatic carbocycles. The van der Waals surface area contributed by atoms with Crippen molar-refractivity contribution in [3.8, 4) is 0 Å². The fourth-order valence-electron chi connectivity index (χ4n) is 0.856. The Kier molecular flexibility index (Phi) is 3.23. The van der Waals surface area contributed by atoms with Crippen LogP contribution < -0.4 is 0 Å². The van der Waals surface area contributed by atoms with Crippen molar-refractivity contribution in [1.82, 2.24) is 0 Å². The van der Waals surface area contributed by atoms with Crippen LogP contribution in [0.4, 0.5) is 0 Å². The number of allylic oxidation sites excluding steroid dienone is 1. The summed E-state index contributed by atoms with van der Waals surface area (Å²) in [5.74, 6) is 0. The van der Waals surface area contributed by atoms with Gasteiger partial charge in [0.15, 0.2) is 0 Å². The van der Waals surface area contributed by atoms with Crippen LogP contribution in [0.1, 0.15) is 12.5 Å². The van der Waals surface area contributed by atoms with Crippen LogP contribution in [0.25, 0.3) is 6.08 Å². The van der Waals surface area contributed by atoms with Crippen molar-refractivity contribution in [2.24, 2.45) is 0 Å². The number of carbonyl (C=O) groups is 1. The van der Waals surface area contributed by atoms with Crippen LogP contribution in [0.5, 0.6) is 0 Å². The molecule has 0 amide bonds. The summed E-state index contributed by atoms with van der Waals surface area (Å²) in [5, 5.41) is 0. The predicted octanol–water partition coefficient (Wildman–Crippen LogP) is 3.01. The van der Waals surface area contributed by atoms with Gasteiger partial charge < -0.3 is 0 Å². The minimum atomic E-state index is -0.0636. The molecule has 0 bridgehead atoms. The van der Waals surface area contributed by atoms with Crippen molar-refractivity contribution < 1.29 is 4.79 Å². The van der Waals surface area contributed by atoms with Gasteiger partial charge in [-0.2, -0.15) is 0 Å². The third kappa shape index (κ3) is 2.62. The molecule has 0 saturated carbocycles. The van der Waals surface area contributed by atoms with E-state index in [4.69, 9.17) is 0 Å². The highest BCUT2D eigenvalue weighted by Gasteiger charge is 1.96. The van der Waals surface area contributed by atoms with E-state index in [9.17, 15) is 4.79 Å². The molecule has 0 aliphatic rings. The van der Waals surface area contributed by atoms with E-state index in [-0.39, 0.29) is 4.69 Å². The van der Waals surface area contributed by atoms with E-state index in [1.54, 1.807) is 6.92 Å². The van der Waals surface area contributed by atoms with E-state index in [0.717, 1.165) is 5.56 Å². The van der Waals surface area contributed by atoms with Crippen LogP contribution in [0, 0.1) is 0 Å². The van der Waals surface area contributed by atoms with Crippen molar-refractivity contribution in [3.05, 3.63) is 41.5 Å². The summed E-state index contributed by atoms with van der Waals surface area (Å²) in [6, 6.07) is 9.75. The molecule has 0 spiro atoms. The maximum atomic E-state index is 10.8. The Morgan fingerprint density at radius 2 is 1.92 bits per heavy atom. The average Bonchev–Trinajstić information content (AvgIpc) is 2.06. The molecule has 0 fully saturated rings. The zero-order chi connectivity index (χ0) is 8.97. The molecule has 0 saturated heterocycles. The minimum Gasteiger partial charge on any atom is -0.281 e. The highest BCUT2D eigenvalue weighted by atomic mass is 79.9. The Bertz CT molecular complexity index is 301. The number of hydrogen-bond acceptors (Lipinski definition) is 1. The molecule has 1 nitrogen and oxygen atoms in total. The second kappa shape index (κ2) is 4.21. The Balaban J connectivity index is 2.89. The Labute approximate surface area is 80.2 Å². The van der Waals surface area contributed by atoms with Crippen LogP contribution in [0.15, 0.2) is 35.9 Å². The number of benzene rings is 1. The van der Waals surface area contributed by atoms with Crippen molar-refractivity contribution in [2.75, 3.05) is 0 Å². The normalized spacial score (nSPS) is 11.3. The summed E-state index contributed by atoms with van der Waals surface area (Å²) in [6.45, 7) is 1.78. The molecule has 0 radical (unpaired) electrons. The number of halogens is 1. The minimum absolute atomic E-state index is 0.0636. The Morgan fingerprint density at radius 1 is 1.33 bits per heavy atom. The van der Waals surface area contributed by atoms with Crippen LogP contribution in [-0.4, -0.2) is 4.69 Å². The first-order chi connectivity index (χ1) is 5.70. The maximum Gasteiger partial charge on any atom is 0.223 e. The molecule has 0 aromatic heterocycles. The molecule has 62 valence electrons. The van der Waals surface area contributed by atoms with Gasteiger partial charge in [-0.3, -0.25) is 4.79 Å². The van der Waals surface area contributed by atoms with E-state index in [1.807, 2.05) is 36.4 Å². The average molecular weight is 225 g/mol. The van der Waals surface area contributed by atoms with Gasteiger partial charge in [-0.25, -0.2) is 0 Å². The second-order valence-corrected chi connectivity index (χ2v) is 3.23. The lowest BCUT2D eigenvalue weighted by atomic mass is 10.1. The number of rotatable bonds is 2. The summed E-state index contributed by atoms with van der Waals surface area (Å²) in [7, 11) is 0. The molecule has 0 aliphatic carbocycles. The largest absolute Gasteiger partial charge is 0.281 e. The van der Waals surface area contributed by atoms with E-state index >= 15 is 0 Å². The quantitative estimate of drug-likeness (QED) is 0.558. The molecule has 1 aromatic rings. The van der Waals surface area contributed by atoms with E-state index in [2.05, 4.69) is 15.9 Å². The molecule has 0 N–H and O–H groups in total. The monoisotopic (exact) mass is 224 g/mol. The lowest BCUT2D eigenvalue weighted by Crippen LogP contribution is -1.85. The lowest BCUT2D eigenvalue weighted by Gasteiger charge is -1.93. The fraction of sp³-hybridized carbons (Fsp3) is 0.100. The summed E-state index contributed by atoms with van der Waals surface area (Å²) < 4.78 is -0.0636. The summed E-state index contributed by atoms with van der Waals surface area (Å²) in [6.07, 6.45) is 1.84. The standard InChI is InChI=1S/C10H9BrO/c1-8(10(11)12)7-9-5-3-2-4-6-9/h2-7H,1H3/b8-7+. The van der Waals surface area contributed by atoms with Gasteiger partial charge in [-0.15, -0.1) is 0 Å². The van der Waals surface area contributed by atoms with Crippen molar-refractivity contribution in [2.45, 2.75) is 6.92 Å². The lowest BCUT2D eigenvalue weighted by molar-refractivity contribution is -0.107. The topological polar surface area (TPSA) is 17.1 Å². The van der Waals surface area contributed by atoms with Gasteiger partial charge in [0, 0.05) is 5.57 Å². The summed E-state index contributed by atoms with van der Waals surface area (Å²) in [5.41, 5.74) is 1.75. The molecule has 12 heavy (non-hydrogen) atoms. The van der Waals surface area contributed by atoms with Crippen LogP contribution in [0.2, 0.25) is 0 Å². The van der Waals surface area contributed by atoms with Crippen molar-refractivity contribution in [3.63, 3.8) is 0 Å². The molecule has 0 unspecified atom stereocenters. The third-order valence-electron chi connectivity index (χ3n) is 1.49. The van der Waals surface area contributed by atoms with Gasteiger partial charge in [0.2, 0.25) is 4.69 Å². The van der Waals surface area contributed by atoms with Gasteiger partial charge in [-0.1, -0.05) is 30.3 Å². The molecule has 0 atom stereocenters. The smallest absolute Gasteiger partial charge is 0.223 e. The van der Waals surface area contributed by atoms with Gasteiger partial charge in [-0.05, 0) is 34.5 Å². The first-order valence-corrected chi connectivity index (χ1v) is 4.42. The van der Waals surface area contributed by atoms with Crippen LogP contribution in [-0.2, 0) is 4.79 Å². The number of hydrogen-bond donors (Lipinski definition) is 0. The van der Waals surface area contributed by atoms with Crippen molar-refractivity contribution in [1.29, 1.82) is 0 Å². The molecule has 1 rings (SSSR count). The molecule has 0 heterocycles. The Morgan fingerprint density at radius 3 is 2.42 bits per heavy atom. The van der Waals surface area contributed by atoms with E-state index in [0.29, 0.717) is 5.57 Å². The van der Waals surface area contributed by atoms with Gasteiger partial charge in [0.25, 0.3) is 0 Å². The zero-order valence-electron chi connectivity index (χ0n) is 6.75. The van der Waals surface area contributed by atoms with Crippen molar-refractivity contribution >= 4 is 26.7 Å². The SMILES string of the molecule is C/C(=C\c1ccccc1)C(=O)Br. The van der Waals surface area contributed by atoms with E-state index in [1.165, 1.54) is 0 Å². The van der Waals surface area contributed by atoms with E-state index < -0.39 is 0 Å². The fourth-order valence-corrected chi connectivity index (χ4v) is 0.970. The van der Waals surface area contributed by atoms with Gasteiger partial charge >= 0.3 is 0 Å². The van der Waals surface area contributed by atoms with Gasteiger partial charge in [0.05, 0.1) is 0 Å². The predicted molar refractivity (Wildman–Crippen MR) is 54.0 cm³/mol. The number of carbonyl (C=O) groups excluding carboxylic acids is 1. The highest BCUT2D eigenvalue weighted by molar-refractivity contribution is 9.18. The molecule has 2 heteroatoms.